The maximum absolute atomic E-state index is 13.4. The number of unbranched alkanes of at least 4 members (excludes halogenated alkanes) is 3. The third-order valence-electron chi connectivity index (χ3n) is 17.3. The van der Waals surface area contributed by atoms with E-state index in [-0.39, 0.29) is 36.6 Å². The Kier molecular flexibility index (Phi) is 19.9. The molecule has 2 saturated heterocycles. The van der Waals surface area contributed by atoms with E-state index in [1.54, 1.807) is 52.5 Å². The molecule has 22 heteroatoms. The van der Waals surface area contributed by atoms with Gasteiger partial charge in [0, 0.05) is 72.0 Å². The van der Waals surface area contributed by atoms with Crippen LogP contribution in [0.25, 0.3) is 55.1 Å². The molecule has 0 radical (unpaired) electrons. The van der Waals surface area contributed by atoms with Crippen molar-refractivity contribution in [2.24, 2.45) is 11.8 Å². The average Bonchev–Trinajstić information content (AvgIpc) is 2.56. The van der Waals surface area contributed by atoms with Crippen LogP contribution in [0.3, 0.4) is 0 Å². The molecule has 10 heterocycles. The van der Waals surface area contributed by atoms with Crippen LogP contribution in [0, 0.1) is 11.8 Å². The van der Waals surface area contributed by atoms with Gasteiger partial charge in [0.2, 0.25) is 11.8 Å². The second-order valence-corrected chi connectivity index (χ2v) is 37.8. The number of ether oxygens (including phenoxy) is 4. The van der Waals surface area contributed by atoms with Crippen LogP contribution in [-0.2, 0) is 22.6 Å². The fourth-order valence-corrected chi connectivity index (χ4v) is 27.7. The zero-order valence-electron chi connectivity index (χ0n) is 50.6. The average molecular weight is 1360 g/mol. The molecule has 0 bridgehead atoms. The molecule has 10 aromatic rings. The molecule has 2 aliphatic carbocycles. The number of rotatable bonds is 23. The van der Waals surface area contributed by atoms with Gasteiger partial charge in [0.1, 0.15) is 0 Å². The van der Waals surface area contributed by atoms with E-state index in [2.05, 4.69) is 67.8 Å². The van der Waals surface area contributed by atoms with Crippen molar-refractivity contribution in [3.8, 4) is 23.0 Å². The molecule has 20 nitrogen and oxygen atoms in total. The first-order valence-corrected chi connectivity index (χ1v) is 39.8. The van der Waals surface area contributed by atoms with Crippen molar-refractivity contribution in [1.82, 2.24) is 68.1 Å². The molecular weight excluding hydrogens is 1280 g/mol. The van der Waals surface area contributed by atoms with E-state index < -0.39 is 18.4 Å². The molecule has 4 fully saturated rings. The number of hydrogen-bond acceptors (Lipinski definition) is 16. The summed E-state index contributed by atoms with van der Waals surface area (Å²) in [4.78, 5) is 72.0. The maximum atomic E-state index is 13.4. The molecule has 8 aromatic heterocycles. The zero-order chi connectivity index (χ0) is 60.4. The number of pyridine rings is 2. The molecule has 14 rings (SSSR count). The van der Waals surface area contributed by atoms with Crippen molar-refractivity contribution in [3.05, 3.63) is 148 Å². The van der Waals surface area contributed by atoms with Crippen LogP contribution in [0.4, 0.5) is 0 Å². The van der Waals surface area contributed by atoms with Gasteiger partial charge in [-0.15, -0.1) is 0 Å². The summed E-state index contributed by atoms with van der Waals surface area (Å²) in [6.45, 7) is 11.4. The summed E-state index contributed by atoms with van der Waals surface area (Å²) in [5.41, 5.74) is 6.49. The molecule has 0 spiro atoms. The standard InChI is InChI=1S/C27H25N7O3.C23H22BrN5O3.C4H3N2.3C4H9.Sn/c35-27-33(24-13-28-7-5-23(24)34(27)19-2-3-19)14-25-31-21-4-1-18(22-12-29-8-9-30-22)11-20(21)26(32-25)37-16-17-6-10-36-15-17;24-15-1-4-18-17(9-15)22(32-13-14-6-8-31-12-14)27-21(26-18)11-28-20-10-25-7-5-19(20)29(23(28)30)16-2-3-16;1-2-6-4-3-5-1;3*1-3-4-2;/h1,4-5,7-9,11-13,17,19H,2-3,6,10,14-16H2;1,4-5,7,9-10,14,16H,2-3,6,8,11-13H2;1-3H;3*1,3-4H2,2H3;. The summed E-state index contributed by atoms with van der Waals surface area (Å²) in [5, 5.41) is 1.64. The SMILES string of the molecule is CCC[CH2][Sn]([CH2]CCC)([CH2]CCC)[c]1cnccn1.O=c1n(Cc2nc(OCC3CCOC3)c3cc(-c4cnccn4)ccc3n2)c2cnccc2n1C1CC1.O=c1n(Cc2nc(OCC3CCOC3)c3cc(Br)ccc3n2)c2cnccc2n1C1CC1. The van der Waals surface area contributed by atoms with Crippen molar-refractivity contribution in [2.45, 2.75) is 136 Å². The molecular formula is C66H77BrN14O6Sn. The Labute approximate surface area is 524 Å². The van der Waals surface area contributed by atoms with Crippen LogP contribution in [-0.4, -0.2) is 126 Å². The Morgan fingerprint density at radius 2 is 1.05 bits per heavy atom. The first-order chi connectivity index (χ1) is 43.2. The Hall–Kier alpha value is -7.08. The van der Waals surface area contributed by atoms with E-state index in [9.17, 15) is 9.59 Å². The third kappa shape index (κ3) is 14.2. The summed E-state index contributed by atoms with van der Waals surface area (Å²) >= 11 is 1.26. The fraction of sp³-hybridized carbons (Fsp3) is 0.455. The fourth-order valence-electron chi connectivity index (χ4n) is 12.1. The van der Waals surface area contributed by atoms with Crippen LogP contribution in [0.1, 0.15) is 122 Å². The molecule has 458 valence electrons. The summed E-state index contributed by atoms with van der Waals surface area (Å²) in [6.07, 6.45) is 32.0. The van der Waals surface area contributed by atoms with E-state index in [1.165, 1.54) is 55.5 Å². The van der Waals surface area contributed by atoms with Crippen LogP contribution in [0.2, 0.25) is 13.3 Å². The van der Waals surface area contributed by atoms with Gasteiger partial charge in [-0.05, 0) is 81.0 Å². The minimum Gasteiger partial charge on any atom is -0.477 e. The van der Waals surface area contributed by atoms with Gasteiger partial charge in [0.25, 0.3) is 0 Å². The Bertz CT molecular complexity index is 4090. The normalized spacial score (nSPS) is 16.7. The number of hydrogen-bond donors (Lipinski definition) is 0. The number of halogens is 1. The monoisotopic (exact) mass is 1360 g/mol. The van der Waals surface area contributed by atoms with Gasteiger partial charge >= 0.3 is 135 Å². The summed E-state index contributed by atoms with van der Waals surface area (Å²) in [6, 6.07) is 16.1. The number of imidazole rings is 2. The third-order valence-corrected chi connectivity index (χ3v) is 32.8. The van der Waals surface area contributed by atoms with Gasteiger partial charge in [0.15, 0.2) is 11.6 Å². The number of aromatic nitrogens is 14. The second-order valence-electron chi connectivity index (χ2n) is 23.8. The van der Waals surface area contributed by atoms with Crippen molar-refractivity contribution in [2.75, 3.05) is 39.6 Å². The molecule has 4 aliphatic rings. The summed E-state index contributed by atoms with van der Waals surface area (Å²) in [5.74, 6) is 2.77. The number of benzene rings is 2. The van der Waals surface area contributed by atoms with E-state index in [4.69, 9.17) is 43.9 Å². The smallest absolute Gasteiger partial charge is 0.329 e. The molecule has 2 saturated carbocycles. The van der Waals surface area contributed by atoms with Crippen molar-refractivity contribution in [1.29, 1.82) is 0 Å². The molecule has 0 amide bonds. The maximum Gasteiger partial charge on any atom is 0.329 e. The summed E-state index contributed by atoms with van der Waals surface area (Å²) < 4.78 is 37.4. The van der Waals surface area contributed by atoms with E-state index in [0.29, 0.717) is 61.7 Å². The van der Waals surface area contributed by atoms with Gasteiger partial charge in [-0.1, -0.05) is 22.0 Å². The molecule has 2 unspecified atom stereocenters. The second kappa shape index (κ2) is 28.6. The van der Waals surface area contributed by atoms with Gasteiger partial charge in [0.05, 0.1) is 108 Å². The minimum atomic E-state index is -2.27. The minimum absolute atomic E-state index is 0.0411. The van der Waals surface area contributed by atoms with Gasteiger partial charge in [-0.25, -0.2) is 19.6 Å². The quantitative estimate of drug-likeness (QED) is 0.0544. The molecule has 88 heavy (non-hydrogen) atoms. The van der Waals surface area contributed by atoms with Gasteiger partial charge < -0.3 is 18.9 Å². The first-order valence-electron chi connectivity index (χ1n) is 31.5. The molecule has 2 aliphatic heterocycles. The van der Waals surface area contributed by atoms with Crippen molar-refractivity contribution in [3.63, 3.8) is 0 Å². The van der Waals surface area contributed by atoms with Crippen molar-refractivity contribution < 1.29 is 18.9 Å². The van der Waals surface area contributed by atoms with Crippen molar-refractivity contribution >= 4 is 81.9 Å². The first kappa shape index (κ1) is 61.2. The van der Waals surface area contributed by atoms with Crippen LogP contribution in [0.15, 0.2) is 125 Å². The van der Waals surface area contributed by atoms with Crippen LogP contribution < -0.4 is 24.6 Å². The Morgan fingerprint density at radius 1 is 0.545 bits per heavy atom. The Morgan fingerprint density at radius 3 is 1.51 bits per heavy atom. The Balaban J connectivity index is 0.000000135. The summed E-state index contributed by atoms with van der Waals surface area (Å²) in [7, 11) is 0. The van der Waals surface area contributed by atoms with Gasteiger partial charge in [-0.2, -0.15) is 9.97 Å². The molecule has 2 atom stereocenters. The van der Waals surface area contributed by atoms with Crippen LogP contribution in [0.5, 0.6) is 11.8 Å². The topological polar surface area (TPSA) is 220 Å². The van der Waals surface area contributed by atoms with E-state index >= 15 is 0 Å². The van der Waals surface area contributed by atoms with E-state index in [0.717, 1.165) is 111 Å². The number of nitrogens with zero attached hydrogens (tertiary/aromatic N) is 14. The van der Waals surface area contributed by atoms with Crippen LogP contribution >= 0.6 is 15.9 Å². The van der Waals surface area contributed by atoms with Gasteiger partial charge in [-0.3, -0.25) is 38.2 Å². The number of fused-ring (bicyclic) bond motifs is 4. The largest absolute Gasteiger partial charge is 0.477 e. The molecule has 0 N–H and O–H groups in total. The predicted molar refractivity (Wildman–Crippen MR) is 346 cm³/mol. The predicted octanol–water partition coefficient (Wildman–Crippen LogP) is 11.6. The zero-order valence-corrected chi connectivity index (χ0v) is 55.0. The molecule has 2 aromatic carbocycles. The van der Waals surface area contributed by atoms with E-state index in [1.807, 2.05) is 70.1 Å².